The molecule has 0 heterocycles. The molecule has 0 saturated heterocycles. The Kier molecular flexibility index (Phi) is 7.96. The Labute approximate surface area is 93.6 Å². The molecule has 2 unspecified atom stereocenters. The lowest BCUT2D eigenvalue weighted by atomic mass is 10.0. The van der Waals surface area contributed by atoms with Crippen molar-refractivity contribution >= 4 is 0 Å². The van der Waals surface area contributed by atoms with E-state index in [0.717, 1.165) is 6.54 Å². The Morgan fingerprint density at radius 3 is 2.33 bits per heavy atom. The Morgan fingerprint density at radius 2 is 1.93 bits per heavy atom. The van der Waals surface area contributed by atoms with Crippen LogP contribution in [0.1, 0.15) is 13.8 Å². The van der Waals surface area contributed by atoms with Gasteiger partial charge in [0.15, 0.2) is 0 Å². The van der Waals surface area contributed by atoms with Crippen molar-refractivity contribution in [2.45, 2.75) is 26.0 Å². The van der Waals surface area contributed by atoms with Gasteiger partial charge in [-0.25, -0.2) is 0 Å². The highest BCUT2D eigenvalue weighted by atomic mass is 16.5. The van der Waals surface area contributed by atoms with Gasteiger partial charge < -0.3 is 20.1 Å². The summed E-state index contributed by atoms with van der Waals surface area (Å²) in [7, 11) is 5.72. The van der Waals surface area contributed by atoms with Crippen LogP contribution in [0.25, 0.3) is 0 Å². The predicted octanol–water partition coefficient (Wildman–Crippen LogP) is 0.170. The van der Waals surface area contributed by atoms with Gasteiger partial charge in [-0.3, -0.25) is 0 Å². The highest BCUT2D eigenvalue weighted by molar-refractivity contribution is 4.74. The first-order valence-corrected chi connectivity index (χ1v) is 5.52. The van der Waals surface area contributed by atoms with Gasteiger partial charge in [-0.1, -0.05) is 13.8 Å². The van der Waals surface area contributed by atoms with Gasteiger partial charge in [0.1, 0.15) is 0 Å². The molecular formula is C11H26N2O2. The summed E-state index contributed by atoms with van der Waals surface area (Å²) in [6, 6.07) is 0.409. The molecule has 2 N–H and O–H groups in total. The van der Waals surface area contributed by atoms with Crippen molar-refractivity contribution < 1.29 is 9.84 Å². The van der Waals surface area contributed by atoms with Crippen LogP contribution < -0.4 is 5.32 Å². The molecule has 0 aliphatic rings. The van der Waals surface area contributed by atoms with Crippen molar-refractivity contribution in [3.8, 4) is 0 Å². The molecule has 4 heteroatoms. The number of rotatable bonds is 8. The molecular weight excluding hydrogens is 192 g/mol. The third-order valence-corrected chi connectivity index (χ3v) is 2.34. The minimum absolute atomic E-state index is 0.389. The van der Waals surface area contributed by atoms with Gasteiger partial charge >= 0.3 is 0 Å². The van der Waals surface area contributed by atoms with E-state index in [2.05, 4.69) is 38.2 Å². The lowest BCUT2D eigenvalue weighted by Gasteiger charge is -2.26. The molecule has 4 nitrogen and oxygen atoms in total. The molecule has 0 amide bonds. The van der Waals surface area contributed by atoms with E-state index in [9.17, 15) is 5.11 Å². The van der Waals surface area contributed by atoms with Crippen molar-refractivity contribution in [1.29, 1.82) is 0 Å². The second kappa shape index (κ2) is 8.05. The van der Waals surface area contributed by atoms with Crippen LogP contribution in [0, 0.1) is 5.92 Å². The molecule has 0 aliphatic heterocycles. The van der Waals surface area contributed by atoms with Crippen LogP contribution in [0.2, 0.25) is 0 Å². The molecule has 0 spiro atoms. The van der Waals surface area contributed by atoms with Gasteiger partial charge in [0.05, 0.1) is 12.7 Å². The van der Waals surface area contributed by atoms with Crippen molar-refractivity contribution in [2.24, 2.45) is 5.92 Å². The number of likely N-dealkylation sites (N-methyl/N-ethyl adjacent to an activating group) is 1. The fourth-order valence-corrected chi connectivity index (χ4v) is 1.44. The van der Waals surface area contributed by atoms with Crippen LogP contribution in [0.4, 0.5) is 0 Å². The molecule has 0 aliphatic carbocycles. The van der Waals surface area contributed by atoms with Gasteiger partial charge in [-0.05, 0) is 20.0 Å². The number of methoxy groups -OCH3 is 1. The number of aliphatic hydroxyl groups is 1. The zero-order valence-electron chi connectivity index (χ0n) is 10.7. The molecule has 92 valence electrons. The summed E-state index contributed by atoms with van der Waals surface area (Å²) in [6.07, 6.45) is -0.418. The smallest absolute Gasteiger partial charge is 0.0897 e. The van der Waals surface area contributed by atoms with E-state index in [1.54, 1.807) is 7.11 Å². The molecule has 0 rings (SSSR count). The molecule has 0 radical (unpaired) electrons. The topological polar surface area (TPSA) is 44.7 Å². The average Bonchev–Trinajstić information content (AvgIpc) is 2.11. The first-order valence-electron chi connectivity index (χ1n) is 5.52. The van der Waals surface area contributed by atoms with Crippen LogP contribution in [0.15, 0.2) is 0 Å². The van der Waals surface area contributed by atoms with E-state index >= 15 is 0 Å². The summed E-state index contributed by atoms with van der Waals surface area (Å²) in [5.41, 5.74) is 0. The Bertz CT molecular complexity index is 152. The number of hydrogen-bond acceptors (Lipinski definition) is 4. The number of nitrogens with one attached hydrogen (secondary N) is 1. The molecule has 0 saturated carbocycles. The maximum atomic E-state index is 9.51. The van der Waals surface area contributed by atoms with Crippen molar-refractivity contribution in [2.75, 3.05) is 40.9 Å². The summed E-state index contributed by atoms with van der Waals surface area (Å²) in [6.45, 7) is 6.33. The fraction of sp³-hybridized carbons (Fsp3) is 1.00. The molecule has 15 heavy (non-hydrogen) atoms. The minimum Gasteiger partial charge on any atom is -0.389 e. The zero-order chi connectivity index (χ0) is 11.8. The van der Waals surface area contributed by atoms with Crippen LogP contribution in [-0.2, 0) is 4.74 Å². The SMILES string of the molecule is COCC(O)CNC(CN(C)C)C(C)C. The van der Waals surface area contributed by atoms with Crippen LogP contribution in [0.5, 0.6) is 0 Å². The van der Waals surface area contributed by atoms with Crippen LogP contribution >= 0.6 is 0 Å². The first-order chi connectivity index (χ1) is 6.97. The van der Waals surface area contributed by atoms with E-state index in [1.807, 2.05) is 0 Å². The summed E-state index contributed by atoms with van der Waals surface area (Å²) in [4.78, 5) is 2.15. The number of ether oxygens (including phenoxy) is 1. The maximum absolute atomic E-state index is 9.51. The number of hydrogen-bond donors (Lipinski definition) is 2. The fourth-order valence-electron chi connectivity index (χ4n) is 1.44. The van der Waals surface area contributed by atoms with E-state index in [4.69, 9.17) is 4.74 Å². The van der Waals surface area contributed by atoms with Gasteiger partial charge in [-0.2, -0.15) is 0 Å². The van der Waals surface area contributed by atoms with E-state index < -0.39 is 6.10 Å². The highest BCUT2D eigenvalue weighted by Gasteiger charge is 2.15. The second-order valence-corrected chi connectivity index (χ2v) is 4.63. The highest BCUT2D eigenvalue weighted by Crippen LogP contribution is 2.02. The standard InChI is InChI=1S/C11H26N2O2/c1-9(2)11(7-13(3)4)12-6-10(14)8-15-5/h9-12,14H,6-8H2,1-5H3. The van der Waals surface area contributed by atoms with Crippen molar-refractivity contribution in [3.63, 3.8) is 0 Å². The van der Waals surface area contributed by atoms with E-state index in [-0.39, 0.29) is 0 Å². The average molecular weight is 218 g/mol. The van der Waals surface area contributed by atoms with Gasteiger partial charge in [0.25, 0.3) is 0 Å². The predicted molar refractivity (Wildman–Crippen MR) is 63.1 cm³/mol. The van der Waals surface area contributed by atoms with E-state index in [1.165, 1.54) is 0 Å². The quantitative estimate of drug-likeness (QED) is 0.609. The minimum atomic E-state index is -0.418. The lowest BCUT2D eigenvalue weighted by molar-refractivity contribution is 0.0606. The Balaban J connectivity index is 3.85. The Morgan fingerprint density at radius 1 is 1.33 bits per heavy atom. The molecule has 0 aromatic rings. The van der Waals surface area contributed by atoms with Crippen LogP contribution in [-0.4, -0.2) is 63.1 Å². The van der Waals surface area contributed by atoms with Crippen LogP contribution in [0.3, 0.4) is 0 Å². The second-order valence-electron chi connectivity index (χ2n) is 4.63. The maximum Gasteiger partial charge on any atom is 0.0897 e. The van der Waals surface area contributed by atoms with Gasteiger partial charge in [0, 0.05) is 26.2 Å². The summed E-state index contributed by atoms with van der Waals surface area (Å²) >= 11 is 0. The third-order valence-electron chi connectivity index (χ3n) is 2.34. The monoisotopic (exact) mass is 218 g/mol. The van der Waals surface area contributed by atoms with E-state index in [0.29, 0.717) is 25.1 Å². The number of nitrogens with zero attached hydrogens (tertiary/aromatic N) is 1. The first kappa shape index (κ1) is 14.8. The van der Waals surface area contributed by atoms with Crippen molar-refractivity contribution in [3.05, 3.63) is 0 Å². The number of aliphatic hydroxyl groups excluding tert-OH is 1. The normalized spacial score (nSPS) is 16.0. The summed E-state index contributed by atoms with van der Waals surface area (Å²) in [5, 5.41) is 12.9. The van der Waals surface area contributed by atoms with Gasteiger partial charge in [-0.15, -0.1) is 0 Å². The summed E-state index contributed by atoms with van der Waals surface area (Å²) in [5.74, 6) is 0.558. The largest absolute Gasteiger partial charge is 0.389 e. The molecule has 0 fully saturated rings. The molecule has 0 aromatic heterocycles. The summed E-state index contributed by atoms with van der Waals surface area (Å²) < 4.78 is 4.88. The Hall–Kier alpha value is -0.160. The molecule has 0 aromatic carbocycles. The lowest BCUT2D eigenvalue weighted by Crippen LogP contribution is -2.45. The molecule has 2 atom stereocenters. The third kappa shape index (κ3) is 7.73. The zero-order valence-corrected chi connectivity index (χ0v) is 10.7. The van der Waals surface area contributed by atoms with Crippen molar-refractivity contribution in [1.82, 2.24) is 10.2 Å². The molecule has 0 bridgehead atoms. The van der Waals surface area contributed by atoms with Gasteiger partial charge in [0.2, 0.25) is 0 Å².